The monoisotopic (exact) mass is 508 g/mol. The highest BCUT2D eigenvalue weighted by atomic mass is 32.2. The Morgan fingerprint density at radius 1 is 0.730 bits per heavy atom. The Labute approximate surface area is 219 Å². The molecule has 0 atom stereocenters. The van der Waals surface area contributed by atoms with Crippen molar-refractivity contribution < 1.29 is 14.4 Å². The molecule has 0 saturated carbocycles. The fourth-order valence-electron chi connectivity index (χ4n) is 3.27. The van der Waals surface area contributed by atoms with Crippen LogP contribution in [0, 0.1) is 0 Å². The first-order valence-corrected chi connectivity index (χ1v) is 12.4. The van der Waals surface area contributed by atoms with Gasteiger partial charge in [-0.1, -0.05) is 48.5 Å². The highest BCUT2D eigenvalue weighted by molar-refractivity contribution is 8.00. The number of carbonyl (C=O) groups is 3. The molecule has 0 bridgehead atoms. The van der Waals surface area contributed by atoms with Crippen LogP contribution in [0.5, 0.6) is 0 Å². The van der Waals surface area contributed by atoms with Crippen molar-refractivity contribution in [2.45, 2.75) is 4.90 Å². The number of carbonyl (C=O) groups excluding carboxylic acids is 3. The molecule has 1 aromatic heterocycles. The summed E-state index contributed by atoms with van der Waals surface area (Å²) in [6.07, 6.45) is 4.86. The average molecular weight is 509 g/mol. The summed E-state index contributed by atoms with van der Waals surface area (Å²) in [6, 6.07) is 28.6. The number of nitrogens with zero attached hydrogens (tertiary/aromatic N) is 1. The van der Waals surface area contributed by atoms with E-state index in [1.54, 1.807) is 67.0 Å². The van der Waals surface area contributed by atoms with E-state index in [2.05, 4.69) is 20.9 Å². The van der Waals surface area contributed by atoms with E-state index in [0.29, 0.717) is 16.9 Å². The Kier molecular flexibility index (Phi) is 8.82. The standard InChI is InChI=1S/C29H24N4O3S/c34-27(31-24-15-17-30-18-16-24)20-37-25-13-11-23(12-14-25)32-29(36)26(19-21-7-3-1-4-8-21)33-28(35)22-9-5-2-6-10-22/h1-19H,20H2,(H,32,36)(H,33,35)(H,30,31,34)/b26-19-. The lowest BCUT2D eigenvalue weighted by Crippen LogP contribution is -2.30. The summed E-state index contributed by atoms with van der Waals surface area (Å²) in [5, 5.41) is 8.36. The minimum absolute atomic E-state index is 0.117. The third-order valence-electron chi connectivity index (χ3n) is 5.09. The van der Waals surface area contributed by atoms with E-state index in [-0.39, 0.29) is 23.3 Å². The Morgan fingerprint density at radius 3 is 2.03 bits per heavy atom. The van der Waals surface area contributed by atoms with Gasteiger partial charge in [-0.2, -0.15) is 0 Å². The Balaban J connectivity index is 1.39. The number of hydrogen-bond acceptors (Lipinski definition) is 5. The molecule has 184 valence electrons. The lowest BCUT2D eigenvalue weighted by Gasteiger charge is -2.12. The predicted octanol–water partition coefficient (Wildman–Crippen LogP) is 5.22. The van der Waals surface area contributed by atoms with E-state index in [1.165, 1.54) is 11.8 Å². The SMILES string of the molecule is O=C(CSc1ccc(NC(=O)/C(=C/c2ccccc2)NC(=O)c2ccccc2)cc1)Nc1ccncc1. The number of pyridine rings is 1. The van der Waals surface area contributed by atoms with Crippen molar-refractivity contribution in [1.82, 2.24) is 10.3 Å². The van der Waals surface area contributed by atoms with E-state index >= 15 is 0 Å². The number of anilines is 2. The second-order valence-electron chi connectivity index (χ2n) is 7.84. The number of thioether (sulfide) groups is 1. The molecule has 0 saturated heterocycles. The van der Waals surface area contributed by atoms with Crippen molar-refractivity contribution in [3.8, 4) is 0 Å². The molecule has 3 aromatic carbocycles. The van der Waals surface area contributed by atoms with Gasteiger partial charge in [0.25, 0.3) is 11.8 Å². The molecule has 3 N–H and O–H groups in total. The van der Waals surface area contributed by atoms with Crippen molar-refractivity contribution in [3.63, 3.8) is 0 Å². The predicted molar refractivity (Wildman–Crippen MR) is 147 cm³/mol. The second kappa shape index (κ2) is 12.9. The maximum Gasteiger partial charge on any atom is 0.272 e. The van der Waals surface area contributed by atoms with E-state index in [9.17, 15) is 14.4 Å². The molecular formula is C29H24N4O3S. The average Bonchev–Trinajstić information content (AvgIpc) is 2.94. The zero-order valence-corrected chi connectivity index (χ0v) is 20.6. The molecule has 0 spiro atoms. The second-order valence-corrected chi connectivity index (χ2v) is 8.89. The van der Waals surface area contributed by atoms with Crippen LogP contribution in [-0.4, -0.2) is 28.5 Å². The molecule has 37 heavy (non-hydrogen) atoms. The van der Waals surface area contributed by atoms with Gasteiger partial charge in [0.15, 0.2) is 0 Å². The molecule has 0 radical (unpaired) electrons. The fraction of sp³-hybridized carbons (Fsp3) is 0.0345. The number of hydrogen-bond donors (Lipinski definition) is 3. The minimum Gasteiger partial charge on any atom is -0.325 e. The van der Waals surface area contributed by atoms with Crippen molar-refractivity contribution in [2.75, 3.05) is 16.4 Å². The van der Waals surface area contributed by atoms with Crippen LogP contribution in [0.15, 0.2) is 120 Å². The fourth-order valence-corrected chi connectivity index (χ4v) is 3.97. The van der Waals surface area contributed by atoms with Crippen LogP contribution >= 0.6 is 11.8 Å². The van der Waals surface area contributed by atoms with Crippen molar-refractivity contribution in [2.24, 2.45) is 0 Å². The van der Waals surface area contributed by atoms with Crippen LogP contribution in [0.2, 0.25) is 0 Å². The molecule has 4 rings (SSSR count). The normalized spacial score (nSPS) is 10.9. The first kappa shape index (κ1) is 25.4. The number of rotatable bonds is 9. The van der Waals surface area contributed by atoms with E-state index in [1.807, 2.05) is 48.5 Å². The Morgan fingerprint density at radius 2 is 1.35 bits per heavy atom. The van der Waals surface area contributed by atoms with Crippen molar-refractivity contribution in [1.29, 1.82) is 0 Å². The van der Waals surface area contributed by atoms with Crippen LogP contribution in [0.25, 0.3) is 6.08 Å². The quantitative estimate of drug-likeness (QED) is 0.213. The maximum atomic E-state index is 13.1. The third-order valence-corrected chi connectivity index (χ3v) is 6.10. The molecule has 0 aliphatic rings. The highest BCUT2D eigenvalue weighted by Gasteiger charge is 2.15. The van der Waals surface area contributed by atoms with Gasteiger partial charge >= 0.3 is 0 Å². The topological polar surface area (TPSA) is 100 Å². The van der Waals surface area contributed by atoms with Gasteiger partial charge in [-0.25, -0.2) is 0 Å². The van der Waals surface area contributed by atoms with Gasteiger partial charge in [0.2, 0.25) is 5.91 Å². The molecule has 0 aliphatic heterocycles. The Hall–Kier alpha value is -4.69. The Bertz CT molecular complexity index is 1380. The number of benzene rings is 3. The molecule has 4 aromatic rings. The van der Waals surface area contributed by atoms with E-state index in [4.69, 9.17) is 0 Å². The number of amides is 3. The molecule has 8 heteroatoms. The molecular weight excluding hydrogens is 484 g/mol. The highest BCUT2D eigenvalue weighted by Crippen LogP contribution is 2.21. The van der Waals surface area contributed by atoms with Crippen LogP contribution in [0.4, 0.5) is 11.4 Å². The minimum atomic E-state index is -0.453. The van der Waals surface area contributed by atoms with Gasteiger partial charge in [0.05, 0.1) is 5.75 Å². The molecule has 1 heterocycles. The summed E-state index contributed by atoms with van der Waals surface area (Å²) in [6.45, 7) is 0. The smallest absolute Gasteiger partial charge is 0.272 e. The first-order valence-electron chi connectivity index (χ1n) is 11.4. The third kappa shape index (κ3) is 7.91. The molecule has 7 nitrogen and oxygen atoms in total. The summed E-state index contributed by atoms with van der Waals surface area (Å²) in [7, 11) is 0. The van der Waals surface area contributed by atoms with Gasteiger partial charge in [-0.15, -0.1) is 11.8 Å². The van der Waals surface area contributed by atoms with Crippen LogP contribution in [0.1, 0.15) is 15.9 Å². The van der Waals surface area contributed by atoms with Gasteiger partial charge in [-0.05, 0) is 60.2 Å². The summed E-state index contributed by atoms with van der Waals surface area (Å²) in [5.41, 5.74) is 2.59. The summed E-state index contributed by atoms with van der Waals surface area (Å²) < 4.78 is 0. The zero-order valence-electron chi connectivity index (χ0n) is 19.8. The van der Waals surface area contributed by atoms with E-state index < -0.39 is 5.91 Å². The number of aromatic nitrogens is 1. The van der Waals surface area contributed by atoms with Gasteiger partial charge in [0.1, 0.15) is 5.70 Å². The summed E-state index contributed by atoms with van der Waals surface area (Å²) in [5.74, 6) is -0.720. The maximum absolute atomic E-state index is 13.1. The van der Waals surface area contributed by atoms with Crippen LogP contribution in [0.3, 0.4) is 0 Å². The summed E-state index contributed by atoms with van der Waals surface area (Å²) in [4.78, 5) is 42.8. The van der Waals surface area contributed by atoms with Gasteiger partial charge in [0, 0.05) is 34.2 Å². The first-order chi connectivity index (χ1) is 18.1. The molecule has 3 amide bonds. The largest absolute Gasteiger partial charge is 0.325 e. The molecule has 0 unspecified atom stereocenters. The lowest BCUT2D eigenvalue weighted by molar-refractivity contribution is -0.114. The van der Waals surface area contributed by atoms with Gasteiger partial charge < -0.3 is 16.0 Å². The van der Waals surface area contributed by atoms with Crippen molar-refractivity contribution in [3.05, 3.63) is 126 Å². The zero-order chi connectivity index (χ0) is 25.9. The molecule has 0 fully saturated rings. The number of nitrogens with one attached hydrogen (secondary N) is 3. The molecule has 0 aliphatic carbocycles. The van der Waals surface area contributed by atoms with Crippen molar-refractivity contribution >= 4 is 46.9 Å². The lowest BCUT2D eigenvalue weighted by atomic mass is 10.1. The van der Waals surface area contributed by atoms with E-state index in [0.717, 1.165) is 10.5 Å². The summed E-state index contributed by atoms with van der Waals surface area (Å²) >= 11 is 1.38. The van der Waals surface area contributed by atoms with Gasteiger partial charge in [-0.3, -0.25) is 19.4 Å². The van der Waals surface area contributed by atoms with Crippen LogP contribution in [-0.2, 0) is 9.59 Å². The van der Waals surface area contributed by atoms with Crippen LogP contribution < -0.4 is 16.0 Å².